The number of alkyl halides is 5. The number of hydrogen-bond acceptors (Lipinski definition) is 10. The maximum absolute atomic E-state index is 15.4. The first-order chi connectivity index (χ1) is 28.2. The van der Waals surface area contributed by atoms with E-state index in [1.165, 1.54) is 16.0 Å². The van der Waals surface area contributed by atoms with E-state index in [9.17, 15) is 40.0 Å². The van der Waals surface area contributed by atoms with Gasteiger partial charge >= 0.3 is 6.18 Å². The molecular weight excluding hydrogens is 846 g/mol. The normalized spacial score (nSPS) is 19.0. The summed E-state index contributed by atoms with van der Waals surface area (Å²) in [6, 6.07) is 7.86. The Hall–Kier alpha value is -5.84. The standard InChI is InChI=1S/C37H31F7N10O4S2/c1-52-29-19(4-3-5-20(29)33(50-52)51-60(2,57)58)21-11-25-34(48-35(59-25)53-12-16(13-53)32(45)56)47-28(21)24(8-15-6-17(38)9-18(39)7-15)46-26(55)14-54-31-27(30(49-54)37(42,43)44)22-10-23(22)36(31,40)41/h3-7,9,11,16,22-24H,8,10,12-14H2,1-2H3,(H2,45,56)(H,46,55)(H,50,51)/t22-,23?,24-/m0/s1. The summed E-state index contributed by atoms with van der Waals surface area (Å²) >= 11 is 1.21. The highest BCUT2D eigenvalue weighted by atomic mass is 32.2. The van der Waals surface area contributed by atoms with Crippen molar-refractivity contribution in [2.75, 3.05) is 29.0 Å². The highest BCUT2D eigenvalue weighted by Crippen LogP contribution is 2.68. The molecule has 1 saturated carbocycles. The molecule has 1 aliphatic heterocycles. The van der Waals surface area contributed by atoms with Crippen molar-refractivity contribution in [3.63, 3.8) is 0 Å². The second-order valence-electron chi connectivity index (χ2n) is 15.2. The maximum atomic E-state index is 15.4. The Bertz CT molecular complexity index is 2890. The van der Waals surface area contributed by atoms with Gasteiger partial charge in [-0.15, -0.1) is 0 Å². The Morgan fingerprint density at radius 3 is 2.43 bits per heavy atom. The van der Waals surface area contributed by atoms with E-state index in [0.29, 0.717) is 42.6 Å². The van der Waals surface area contributed by atoms with Crippen molar-refractivity contribution in [3.05, 3.63) is 82.3 Å². The van der Waals surface area contributed by atoms with Crippen molar-refractivity contribution in [1.29, 1.82) is 0 Å². The highest BCUT2D eigenvalue weighted by molar-refractivity contribution is 7.92. The average Bonchev–Trinajstić information content (AvgIpc) is 3.39. The molecule has 3 atom stereocenters. The molecule has 1 saturated heterocycles. The molecule has 2 aliphatic carbocycles. The number of pyridine rings is 1. The van der Waals surface area contributed by atoms with Gasteiger partial charge in [0.25, 0.3) is 5.92 Å². The number of rotatable bonds is 11. The number of primary amides is 1. The SMILES string of the molecule is Cn1nc(NS(C)(=O)=O)c2cccc(-c3cc4sc(N5CC(C(N)=O)C5)nc4nc3[C@H](Cc3cc(F)cc(F)c3)NC(=O)Cn3nc(C(F)(F)F)c4c3C(F)(F)C3C[C@H]43)c21. The number of aryl methyl sites for hydroxylation is 1. The van der Waals surface area contributed by atoms with Crippen LogP contribution in [0.3, 0.4) is 0 Å². The largest absolute Gasteiger partial charge is 0.435 e. The number of halogens is 7. The first-order valence-corrected chi connectivity index (χ1v) is 21.0. The third-order valence-corrected chi connectivity index (χ3v) is 12.5. The monoisotopic (exact) mass is 876 g/mol. The lowest BCUT2D eigenvalue weighted by atomic mass is 9.94. The number of benzene rings is 2. The number of anilines is 2. The van der Waals surface area contributed by atoms with E-state index in [1.54, 1.807) is 36.2 Å². The van der Waals surface area contributed by atoms with Gasteiger partial charge in [0.15, 0.2) is 22.3 Å². The second kappa shape index (κ2) is 13.6. The zero-order chi connectivity index (χ0) is 42.8. The second-order valence-corrected chi connectivity index (χ2v) is 18.0. The van der Waals surface area contributed by atoms with Crippen LogP contribution in [0.4, 0.5) is 41.7 Å². The Labute approximate surface area is 338 Å². The molecule has 60 heavy (non-hydrogen) atoms. The minimum atomic E-state index is -5.08. The zero-order valence-corrected chi connectivity index (χ0v) is 32.8. The molecule has 14 nitrogen and oxygen atoms in total. The van der Waals surface area contributed by atoms with Crippen LogP contribution in [0.2, 0.25) is 0 Å². The first kappa shape index (κ1) is 39.6. The van der Waals surface area contributed by atoms with Gasteiger partial charge in [0.2, 0.25) is 21.8 Å². The van der Waals surface area contributed by atoms with E-state index in [-0.39, 0.29) is 48.7 Å². The van der Waals surface area contributed by atoms with Crippen molar-refractivity contribution < 1.29 is 48.7 Å². The number of fused-ring (bicyclic) bond motifs is 5. The molecule has 5 heterocycles. The van der Waals surface area contributed by atoms with E-state index >= 15 is 8.78 Å². The molecule has 0 spiro atoms. The van der Waals surface area contributed by atoms with E-state index < -0.39 is 92.9 Å². The molecule has 2 fully saturated rings. The maximum Gasteiger partial charge on any atom is 0.435 e. The van der Waals surface area contributed by atoms with Crippen LogP contribution in [-0.4, -0.2) is 69.1 Å². The summed E-state index contributed by atoms with van der Waals surface area (Å²) in [5, 5.41) is 11.3. The number of nitrogens with two attached hydrogens (primary N) is 1. The van der Waals surface area contributed by atoms with Crippen molar-refractivity contribution in [1.82, 2.24) is 34.8 Å². The fraction of sp³-hybridized carbons (Fsp3) is 0.351. The third kappa shape index (κ3) is 6.85. The number of hydrogen-bond donors (Lipinski definition) is 3. The predicted molar refractivity (Wildman–Crippen MR) is 203 cm³/mol. The number of carbonyl (C=O) groups is 2. The van der Waals surface area contributed by atoms with Crippen LogP contribution in [0.15, 0.2) is 42.5 Å². The highest BCUT2D eigenvalue weighted by Gasteiger charge is 2.68. The van der Waals surface area contributed by atoms with Gasteiger partial charge in [-0.1, -0.05) is 23.5 Å². The van der Waals surface area contributed by atoms with Gasteiger partial charge in [-0.2, -0.15) is 37.1 Å². The molecule has 6 aromatic rings. The van der Waals surface area contributed by atoms with Gasteiger partial charge in [-0.25, -0.2) is 22.2 Å². The minimum Gasteiger partial charge on any atom is -0.369 e. The van der Waals surface area contributed by atoms with Gasteiger partial charge in [-0.3, -0.25) is 23.7 Å². The molecule has 4 aromatic heterocycles. The Kier molecular flexibility index (Phi) is 8.97. The molecule has 1 unspecified atom stereocenters. The summed E-state index contributed by atoms with van der Waals surface area (Å²) < 4.78 is 132. The molecule has 2 amide bonds. The quantitative estimate of drug-likeness (QED) is 0.145. The fourth-order valence-corrected chi connectivity index (χ4v) is 9.72. The van der Waals surface area contributed by atoms with Crippen LogP contribution in [-0.2, 0) is 51.7 Å². The molecule has 9 rings (SSSR count). The van der Waals surface area contributed by atoms with Crippen molar-refractivity contribution in [2.24, 2.45) is 24.6 Å². The first-order valence-electron chi connectivity index (χ1n) is 18.3. The number of nitrogens with one attached hydrogen (secondary N) is 2. The lowest BCUT2D eigenvalue weighted by Gasteiger charge is -2.36. The lowest BCUT2D eigenvalue weighted by Crippen LogP contribution is -2.52. The molecule has 2 aromatic carbocycles. The minimum absolute atomic E-state index is 0.00573. The molecule has 0 bridgehead atoms. The van der Waals surface area contributed by atoms with Crippen LogP contribution in [0.1, 0.15) is 46.6 Å². The summed E-state index contributed by atoms with van der Waals surface area (Å²) in [6.45, 7) is -0.499. The third-order valence-electron chi connectivity index (χ3n) is 10.9. The summed E-state index contributed by atoms with van der Waals surface area (Å²) in [5.74, 6) is -9.96. The van der Waals surface area contributed by atoms with E-state index in [4.69, 9.17) is 10.7 Å². The van der Waals surface area contributed by atoms with Crippen LogP contribution in [0, 0.1) is 23.5 Å². The molecule has 4 N–H and O–H groups in total. The van der Waals surface area contributed by atoms with Gasteiger partial charge in [-0.05, 0) is 48.6 Å². The number of para-hydroxylation sites is 1. The van der Waals surface area contributed by atoms with Crippen LogP contribution in [0.25, 0.3) is 32.4 Å². The van der Waals surface area contributed by atoms with Crippen molar-refractivity contribution >= 4 is 65.4 Å². The number of amides is 2. The van der Waals surface area contributed by atoms with Crippen LogP contribution in [0.5, 0.6) is 0 Å². The van der Waals surface area contributed by atoms with Gasteiger partial charge in [0.05, 0.1) is 34.1 Å². The van der Waals surface area contributed by atoms with Gasteiger partial charge in [0.1, 0.15) is 23.9 Å². The molecule has 23 heteroatoms. The lowest BCUT2D eigenvalue weighted by molar-refractivity contribution is -0.142. The smallest absolute Gasteiger partial charge is 0.369 e. The molecular formula is C37H31F7N10O4S2. The Morgan fingerprint density at radius 2 is 1.77 bits per heavy atom. The summed E-state index contributed by atoms with van der Waals surface area (Å²) in [4.78, 5) is 37.1. The van der Waals surface area contributed by atoms with Gasteiger partial charge in [0, 0.05) is 54.2 Å². The Balaban J connectivity index is 1.19. The number of nitrogens with zero attached hydrogens (tertiary/aromatic N) is 7. The number of sulfonamides is 1. The summed E-state index contributed by atoms with van der Waals surface area (Å²) in [6.07, 6.45) is -4.65. The summed E-state index contributed by atoms with van der Waals surface area (Å²) in [7, 11) is -2.24. The molecule has 314 valence electrons. The zero-order valence-electron chi connectivity index (χ0n) is 31.2. The predicted octanol–water partition coefficient (Wildman–Crippen LogP) is 5.34. The topological polar surface area (TPSA) is 183 Å². The van der Waals surface area contributed by atoms with Crippen LogP contribution >= 0.6 is 11.3 Å². The number of aromatic nitrogens is 6. The number of thiazole rings is 1. The van der Waals surface area contributed by atoms with E-state index in [0.717, 1.165) is 18.4 Å². The number of carbonyl (C=O) groups excluding carboxylic acids is 2. The molecule has 0 radical (unpaired) electrons. The van der Waals surface area contributed by atoms with Crippen molar-refractivity contribution in [2.45, 2.75) is 43.4 Å². The Morgan fingerprint density at radius 1 is 1.05 bits per heavy atom. The van der Waals surface area contributed by atoms with Gasteiger partial charge < -0.3 is 16.0 Å². The summed E-state index contributed by atoms with van der Waals surface area (Å²) in [5.41, 5.74) is 3.63. The van der Waals surface area contributed by atoms with E-state index in [2.05, 4.69) is 25.2 Å². The van der Waals surface area contributed by atoms with E-state index in [1.807, 2.05) is 0 Å². The average molecular weight is 877 g/mol. The van der Waals surface area contributed by atoms with Crippen molar-refractivity contribution in [3.8, 4) is 11.1 Å². The molecule has 3 aliphatic rings. The fourth-order valence-electron chi connectivity index (χ4n) is 8.25. The van der Waals surface area contributed by atoms with Crippen LogP contribution < -0.4 is 20.7 Å².